The topological polar surface area (TPSA) is 267 Å². The number of allylic oxidation sites excluding steroid dienone is 14. The third-order valence-corrected chi connectivity index (χ3v) is 22.8. The number of rotatable bonds is 29. The molecule has 132 heavy (non-hydrogen) atoms. The van der Waals surface area contributed by atoms with Crippen LogP contribution in [0, 0.1) is 13.8 Å². The van der Waals surface area contributed by atoms with Crippen LogP contribution in [0.25, 0.3) is 55.6 Å². The Balaban J connectivity index is 0.000000179. The summed E-state index contributed by atoms with van der Waals surface area (Å²) >= 11 is 0. The molecule has 0 aliphatic heterocycles. The summed E-state index contributed by atoms with van der Waals surface area (Å²) < 4.78 is 10.2. The zero-order valence-corrected chi connectivity index (χ0v) is 76.5. The van der Waals surface area contributed by atoms with Crippen LogP contribution in [0.4, 0.5) is 34.1 Å². The van der Waals surface area contributed by atoms with E-state index in [1.165, 1.54) is 91.2 Å². The number of hydrogen-bond acceptors (Lipinski definition) is 12. The van der Waals surface area contributed by atoms with Gasteiger partial charge in [0.2, 0.25) is 0 Å². The van der Waals surface area contributed by atoms with Gasteiger partial charge in [-0.3, -0.25) is 0 Å². The van der Waals surface area contributed by atoms with Crippen molar-refractivity contribution < 1.29 is 19.7 Å². The molecule has 0 aliphatic rings. The van der Waals surface area contributed by atoms with Crippen molar-refractivity contribution in [2.75, 3.05) is 48.6 Å². The molecule has 14 aromatic carbocycles. The Morgan fingerprint density at radius 2 is 0.712 bits per heavy atom. The normalized spacial score (nSPS) is 11.4. The lowest BCUT2D eigenvalue weighted by Gasteiger charge is -2.23. The van der Waals surface area contributed by atoms with Crippen molar-refractivity contribution in [2.45, 2.75) is 64.7 Å². The average molecular weight is 1740 g/mol. The number of phenolic OH excluding ortho intramolecular Hbond substituents is 2. The second kappa shape index (κ2) is 49.0. The fraction of sp³-hybridized carbons (Fsp3) is 0.100. The number of aromatic hydroxyl groups is 2. The Kier molecular flexibility index (Phi) is 36.3. The van der Waals surface area contributed by atoms with Crippen molar-refractivity contribution in [2.24, 2.45) is 11.5 Å². The highest BCUT2D eigenvalue weighted by molar-refractivity contribution is 5.80. The van der Waals surface area contributed by atoms with Gasteiger partial charge in [-0.1, -0.05) is 375 Å². The van der Waals surface area contributed by atoms with Crippen LogP contribution in [0.15, 0.2) is 468 Å². The number of ether oxygens (including phenoxy) is 2. The molecule has 666 valence electrons. The number of phenols is 2. The first-order chi connectivity index (χ1) is 64.0. The predicted octanol–water partition coefficient (Wildman–Crippen LogP) is 27.7. The van der Waals surface area contributed by atoms with E-state index in [1.54, 1.807) is 62.8 Å². The Hall–Kier alpha value is -16.4. The van der Waals surface area contributed by atoms with Gasteiger partial charge >= 0.3 is 0 Å². The minimum absolute atomic E-state index is 0.000878. The highest BCUT2D eigenvalue weighted by Crippen LogP contribution is 2.45. The minimum Gasteiger partial charge on any atom is -0.508 e. The highest BCUT2D eigenvalue weighted by Gasteiger charge is 2.26. The van der Waals surface area contributed by atoms with Gasteiger partial charge in [0.15, 0.2) is 0 Å². The van der Waals surface area contributed by atoms with Crippen LogP contribution >= 0.6 is 0 Å². The minimum atomic E-state index is -0.374. The van der Waals surface area contributed by atoms with Crippen LogP contribution in [-0.2, 0) is 22.3 Å². The quantitative estimate of drug-likeness (QED) is 0.00908. The van der Waals surface area contributed by atoms with Crippen molar-refractivity contribution in [3.8, 4) is 67.1 Å². The molecule has 12 heteroatoms. The summed E-state index contributed by atoms with van der Waals surface area (Å²) in [5, 5.41) is 21.2. The first-order valence-corrected chi connectivity index (χ1v) is 43.9. The molecule has 0 unspecified atom stereocenters. The van der Waals surface area contributed by atoms with E-state index < -0.39 is 0 Å². The standard InChI is InChI=1S/C37H30N2.C31H34N2.C25H22N2O2.C15H22N2O2.C12H14/c38-35-22-20-31(24-33(35)28-12-6-2-7-13-28)37(30-18-16-27(17-19-30)26-10-4-1-5-11-26)32-21-23-36(39)34(25-32)29-14-8-3-9-15-29;1-5-22-18-27(16-20(3)30(22)32)29(28-17-21(4)31(33)23(6-2)19-28)26-14-12-25(13-15-26)24-10-8-7-9-11-24;26-19-10-12-21(23(28)14-19)25(22-13-11-20(27)15-24(22)29)18-8-6-17(7-9-18)16-4-2-1-3-5-16;1-5-12(10-13(11-16)18-3)8-7-9-15(19-4)14(17)6-2;1-5-7-9-11(3)12(4)10-8-6-2/h1-25,37H,38-39H2;7-19,29H,5-6,32-33H2,1-4H3;1-15,25,28-29H,26-27H2;5-7,9-11H,1-2,8,16-17H2,3-4H3;5-10H,1-4H2/b;;;9-7+,12-10+,13-11-,15-14-;9-7-,10-8-. The first-order valence-electron chi connectivity index (χ1n) is 43.9. The fourth-order valence-corrected chi connectivity index (χ4v) is 15.6. The summed E-state index contributed by atoms with van der Waals surface area (Å²) in [6, 6.07) is 110. The number of nitrogens with two attached hydrogens (primary N) is 8. The van der Waals surface area contributed by atoms with Gasteiger partial charge in [-0.25, -0.2) is 0 Å². The monoisotopic (exact) mass is 1740 g/mol. The van der Waals surface area contributed by atoms with Crippen molar-refractivity contribution in [1.29, 1.82) is 0 Å². The second-order valence-electron chi connectivity index (χ2n) is 31.6. The van der Waals surface area contributed by atoms with Crippen LogP contribution in [0.2, 0.25) is 0 Å². The average Bonchev–Trinajstić information content (AvgIpc) is 0.786. The summed E-state index contributed by atoms with van der Waals surface area (Å²) in [6.45, 7) is 30.7. The molecule has 0 fully saturated rings. The third kappa shape index (κ3) is 26.4. The molecule has 0 aliphatic carbocycles. The lowest BCUT2D eigenvalue weighted by Crippen LogP contribution is -2.09. The van der Waals surface area contributed by atoms with E-state index in [4.69, 9.17) is 55.3 Å². The molecule has 18 N–H and O–H groups in total. The van der Waals surface area contributed by atoms with Crippen molar-refractivity contribution in [1.82, 2.24) is 0 Å². The molecular formula is C120H122N8O4. The molecule has 14 rings (SSSR count). The molecule has 0 aromatic heterocycles. The molecule has 0 spiro atoms. The van der Waals surface area contributed by atoms with Gasteiger partial charge in [0.25, 0.3) is 0 Å². The lowest BCUT2D eigenvalue weighted by atomic mass is 9.81. The fourth-order valence-electron chi connectivity index (χ4n) is 15.6. The lowest BCUT2D eigenvalue weighted by molar-refractivity contribution is 0.303. The molecule has 0 saturated carbocycles. The summed E-state index contributed by atoms with van der Waals surface area (Å²) in [7, 11) is 3.11. The maximum atomic E-state index is 10.6. The molecule has 0 bridgehead atoms. The van der Waals surface area contributed by atoms with Gasteiger partial charge < -0.3 is 65.6 Å². The zero-order valence-electron chi connectivity index (χ0n) is 76.5. The van der Waals surface area contributed by atoms with Crippen LogP contribution in [0.5, 0.6) is 11.5 Å². The molecule has 0 saturated heterocycles. The van der Waals surface area contributed by atoms with E-state index in [2.05, 4.69) is 255 Å². The Labute approximate surface area is 781 Å². The molecule has 0 heterocycles. The maximum Gasteiger partial charge on any atom is 0.141 e. The number of nitrogen functional groups attached to an aromatic ring is 6. The van der Waals surface area contributed by atoms with E-state index >= 15 is 0 Å². The molecular weight excluding hydrogens is 1620 g/mol. The van der Waals surface area contributed by atoms with Gasteiger partial charge in [-0.15, -0.1) is 0 Å². The van der Waals surface area contributed by atoms with Crippen LogP contribution in [-0.4, -0.2) is 24.4 Å². The smallest absolute Gasteiger partial charge is 0.141 e. The Morgan fingerprint density at radius 3 is 1.03 bits per heavy atom. The first kappa shape index (κ1) is 97.7. The van der Waals surface area contributed by atoms with Crippen LogP contribution in [0.3, 0.4) is 0 Å². The van der Waals surface area contributed by atoms with Gasteiger partial charge in [0, 0.05) is 92.5 Å². The van der Waals surface area contributed by atoms with E-state index in [0.717, 1.165) is 102 Å². The summed E-state index contributed by atoms with van der Waals surface area (Å²) in [4.78, 5) is 0. The van der Waals surface area contributed by atoms with Gasteiger partial charge in [-0.05, 0) is 210 Å². The van der Waals surface area contributed by atoms with Crippen molar-refractivity contribution >= 4 is 34.1 Å². The molecule has 14 aromatic rings. The van der Waals surface area contributed by atoms with E-state index in [1.807, 2.05) is 134 Å². The largest absolute Gasteiger partial charge is 0.508 e. The number of methoxy groups -OCH3 is 2. The number of hydrogen-bond donors (Lipinski definition) is 10. The van der Waals surface area contributed by atoms with Gasteiger partial charge in [0.05, 0.1) is 19.9 Å². The third-order valence-electron chi connectivity index (χ3n) is 22.8. The molecule has 12 nitrogen and oxygen atoms in total. The summed E-state index contributed by atoms with van der Waals surface area (Å²) in [5.41, 5.74) is 81.7. The Bertz CT molecular complexity index is 6220. The number of aryl methyl sites for hydroxylation is 4. The zero-order chi connectivity index (χ0) is 94.6. The van der Waals surface area contributed by atoms with E-state index in [9.17, 15) is 10.2 Å². The predicted molar refractivity (Wildman–Crippen MR) is 563 cm³/mol. The summed E-state index contributed by atoms with van der Waals surface area (Å²) in [6.07, 6.45) is 23.5. The van der Waals surface area contributed by atoms with Crippen molar-refractivity contribution in [3.05, 3.63) is 540 Å². The van der Waals surface area contributed by atoms with E-state index in [-0.39, 0.29) is 29.3 Å². The van der Waals surface area contributed by atoms with Crippen LogP contribution < -0.4 is 45.9 Å². The van der Waals surface area contributed by atoms with Gasteiger partial charge in [0.1, 0.15) is 23.0 Å². The molecule has 0 amide bonds. The highest BCUT2D eigenvalue weighted by atomic mass is 16.5. The number of benzene rings is 14. The van der Waals surface area contributed by atoms with Crippen LogP contribution in [0.1, 0.15) is 110 Å². The van der Waals surface area contributed by atoms with E-state index in [0.29, 0.717) is 46.1 Å². The van der Waals surface area contributed by atoms with Gasteiger partial charge in [-0.2, -0.15) is 0 Å². The number of anilines is 6. The molecule has 0 atom stereocenters. The SMILES string of the molecule is C=C/C(=C\C(=C\N)OC)C/C=C/C(OC)=C(/N)C=C.C=C/C=C\C(=C)C(=C)/C=C\C=C.CCc1cc(C(c2ccc(-c3ccccc3)cc2)c2cc(C)c(N)c(CC)c2)cc(C)c1N.Nc1ccc(C(c2ccc(-c3ccccc3)cc2)c2ccc(N)c(-c3ccccc3)c2)cc1-c1ccccc1.Nc1ccc(C(c2ccc(-c3ccccc3)cc2)c2ccc(N)cc2O)c(O)c1. The summed E-state index contributed by atoms with van der Waals surface area (Å²) in [5.74, 6) is 1.05. The second-order valence-corrected chi connectivity index (χ2v) is 31.6. The molecule has 0 radical (unpaired) electrons. The maximum absolute atomic E-state index is 10.6. The van der Waals surface area contributed by atoms with Crippen molar-refractivity contribution in [3.63, 3.8) is 0 Å². The Morgan fingerprint density at radius 1 is 0.371 bits per heavy atom.